The van der Waals surface area contributed by atoms with E-state index in [9.17, 15) is 0 Å². The molecule has 0 aliphatic heterocycles. The molecule has 0 aliphatic rings. The van der Waals surface area contributed by atoms with E-state index < -0.39 is 0 Å². The van der Waals surface area contributed by atoms with Gasteiger partial charge in [-0.3, -0.25) is 4.57 Å². The van der Waals surface area contributed by atoms with Crippen LogP contribution in [0.3, 0.4) is 0 Å². The number of hydrogen-bond acceptors (Lipinski definition) is 5. The highest BCUT2D eigenvalue weighted by atomic mass is 32.1. The van der Waals surface area contributed by atoms with Gasteiger partial charge in [0.1, 0.15) is 0 Å². The van der Waals surface area contributed by atoms with Gasteiger partial charge in [-0.2, -0.15) is 0 Å². The van der Waals surface area contributed by atoms with Gasteiger partial charge in [-0.15, -0.1) is 34.0 Å². The molecule has 232 valence electrons. The lowest BCUT2D eigenvalue weighted by molar-refractivity contribution is 1.01. The van der Waals surface area contributed by atoms with Crippen LogP contribution in [0.2, 0.25) is 0 Å². The standard InChI is InChI=1S/C44H23N3S3/c1-5-13-32-30(12-1)41(24-17-22-38-31(23-24)27-11-4-6-14-35(27)48-38)46-44(45-32)47-33-20-18-28-25-9-2-7-15-36(25)49-42(28)39(33)40-34(47)21-19-29-26-10-3-8-16-37(26)50-43(29)40/h1-23H. The maximum Gasteiger partial charge on any atom is 0.235 e. The van der Waals surface area contributed by atoms with E-state index in [-0.39, 0.29) is 0 Å². The molecule has 12 aromatic rings. The molecule has 0 radical (unpaired) electrons. The minimum atomic E-state index is 0.690. The summed E-state index contributed by atoms with van der Waals surface area (Å²) in [5, 5.41) is 11.4. The largest absolute Gasteiger partial charge is 0.278 e. The Morgan fingerprint density at radius 3 is 1.56 bits per heavy atom. The number of nitrogens with zero attached hydrogens (tertiary/aromatic N) is 3. The van der Waals surface area contributed by atoms with Crippen molar-refractivity contribution >= 4 is 127 Å². The maximum atomic E-state index is 5.49. The molecule has 6 heteroatoms. The van der Waals surface area contributed by atoms with Gasteiger partial charge in [0.05, 0.1) is 22.2 Å². The first-order chi connectivity index (χ1) is 24.8. The molecule has 7 aromatic carbocycles. The summed E-state index contributed by atoms with van der Waals surface area (Å²) in [7, 11) is 0. The second kappa shape index (κ2) is 9.96. The Kier molecular flexibility index (Phi) is 5.42. The molecular weight excluding hydrogens is 667 g/mol. The van der Waals surface area contributed by atoms with Gasteiger partial charge in [-0.05, 0) is 48.5 Å². The van der Waals surface area contributed by atoms with Crippen molar-refractivity contribution < 1.29 is 0 Å². The summed E-state index contributed by atoms with van der Waals surface area (Å²) in [4.78, 5) is 10.8. The molecule has 0 atom stereocenters. The van der Waals surface area contributed by atoms with E-state index in [1.54, 1.807) is 0 Å². The number of benzene rings is 7. The van der Waals surface area contributed by atoms with Crippen molar-refractivity contribution in [3.05, 3.63) is 140 Å². The Morgan fingerprint density at radius 2 is 0.920 bits per heavy atom. The van der Waals surface area contributed by atoms with Gasteiger partial charge >= 0.3 is 0 Å². The van der Waals surface area contributed by atoms with Crippen molar-refractivity contribution in [2.24, 2.45) is 0 Å². The summed E-state index contributed by atoms with van der Waals surface area (Å²) in [6.07, 6.45) is 0. The van der Waals surface area contributed by atoms with Gasteiger partial charge in [0.2, 0.25) is 5.95 Å². The van der Waals surface area contributed by atoms with Crippen LogP contribution in [0.15, 0.2) is 140 Å². The summed E-state index contributed by atoms with van der Waals surface area (Å²) < 4.78 is 10.1. The molecule has 12 rings (SSSR count). The van der Waals surface area contributed by atoms with Crippen molar-refractivity contribution in [3.63, 3.8) is 0 Å². The Morgan fingerprint density at radius 1 is 0.400 bits per heavy atom. The quantitative estimate of drug-likeness (QED) is 0.181. The molecule has 0 saturated heterocycles. The van der Waals surface area contributed by atoms with E-state index in [1.807, 2.05) is 34.0 Å². The van der Waals surface area contributed by atoms with Crippen molar-refractivity contribution in [1.29, 1.82) is 0 Å². The Labute approximate surface area is 296 Å². The van der Waals surface area contributed by atoms with Gasteiger partial charge in [-0.1, -0.05) is 91.0 Å². The highest BCUT2D eigenvalue weighted by Crippen LogP contribution is 2.48. The van der Waals surface area contributed by atoms with Crippen LogP contribution in [0.1, 0.15) is 0 Å². The first kappa shape index (κ1) is 27.2. The molecule has 0 fully saturated rings. The lowest BCUT2D eigenvalue weighted by Gasteiger charge is -2.12. The number of aromatic nitrogens is 3. The van der Waals surface area contributed by atoms with Gasteiger partial charge in [0.15, 0.2) is 0 Å². The normalized spacial score (nSPS) is 12.4. The number of para-hydroxylation sites is 1. The van der Waals surface area contributed by atoms with Crippen LogP contribution in [0.4, 0.5) is 0 Å². The van der Waals surface area contributed by atoms with E-state index in [1.165, 1.54) is 71.3 Å². The average Bonchev–Trinajstić information content (AvgIpc) is 3.92. The minimum Gasteiger partial charge on any atom is -0.278 e. The third-order valence-corrected chi connectivity index (χ3v) is 13.8. The third kappa shape index (κ3) is 3.62. The third-order valence-electron chi connectivity index (χ3n) is 10.2. The molecule has 5 aromatic heterocycles. The Balaban J connectivity index is 1.23. The fraction of sp³-hybridized carbons (Fsp3) is 0. The topological polar surface area (TPSA) is 30.7 Å². The summed E-state index contributed by atoms with van der Waals surface area (Å²) in [6.45, 7) is 0. The monoisotopic (exact) mass is 689 g/mol. The zero-order valence-corrected chi connectivity index (χ0v) is 28.8. The molecule has 0 N–H and O–H groups in total. The number of rotatable bonds is 2. The van der Waals surface area contributed by atoms with Crippen LogP contribution in [0, 0.1) is 0 Å². The SMILES string of the molecule is c1ccc2c(-c3ccc4sc5ccccc5c4c3)nc(-n3c4ccc5c6ccccc6sc5c4c4c5sc6ccccc6c5ccc43)nc2c1. The van der Waals surface area contributed by atoms with E-state index >= 15 is 0 Å². The van der Waals surface area contributed by atoms with Crippen molar-refractivity contribution in [2.75, 3.05) is 0 Å². The molecule has 5 heterocycles. The lowest BCUT2D eigenvalue weighted by atomic mass is 10.0. The highest BCUT2D eigenvalue weighted by Gasteiger charge is 2.23. The van der Waals surface area contributed by atoms with E-state index in [4.69, 9.17) is 9.97 Å². The van der Waals surface area contributed by atoms with Crippen molar-refractivity contribution in [2.45, 2.75) is 0 Å². The zero-order valence-electron chi connectivity index (χ0n) is 26.3. The number of fused-ring (bicyclic) bond motifs is 15. The molecule has 0 aliphatic carbocycles. The van der Waals surface area contributed by atoms with Gasteiger partial charge in [-0.25, -0.2) is 9.97 Å². The maximum absolute atomic E-state index is 5.49. The summed E-state index contributed by atoms with van der Waals surface area (Å²) in [5.74, 6) is 0.690. The predicted octanol–water partition coefficient (Wildman–Crippen LogP) is 13.5. The second-order valence-corrected chi connectivity index (χ2v) is 16.1. The van der Waals surface area contributed by atoms with Crippen LogP contribution in [0.25, 0.3) is 110 Å². The van der Waals surface area contributed by atoms with Crippen LogP contribution in [0.5, 0.6) is 0 Å². The fourth-order valence-corrected chi connectivity index (χ4v) is 11.6. The lowest BCUT2D eigenvalue weighted by Crippen LogP contribution is -2.03. The van der Waals surface area contributed by atoms with E-state index in [0.717, 1.165) is 33.2 Å². The summed E-state index contributed by atoms with van der Waals surface area (Å²) >= 11 is 5.62. The number of hydrogen-bond donors (Lipinski definition) is 0. The molecule has 0 amide bonds. The smallest absolute Gasteiger partial charge is 0.235 e. The zero-order chi connectivity index (χ0) is 32.5. The highest BCUT2D eigenvalue weighted by molar-refractivity contribution is 7.28. The number of thiophene rings is 3. The average molecular weight is 690 g/mol. The molecule has 0 unspecified atom stereocenters. The van der Waals surface area contributed by atoms with Gasteiger partial charge in [0, 0.05) is 82.2 Å². The van der Waals surface area contributed by atoms with Gasteiger partial charge < -0.3 is 0 Å². The Hall–Kier alpha value is -5.66. The molecular formula is C44H23N3S3. The van der Waals surface area contributed by atoms with Crippen molar-refractivity contribution in [3.8, 4) is 17.2 Å². The predicted molar refractivity (Wildman–Crippen MR) is 218 cm³/mol. The van der Waals surface area contributed by atoms with Crippen LogP contribution in [-0.4, -0.2) is 14.5 Å². The molecule has 0 spiro atoms. The summed E-state index contributed by atoms with van der Waals surface area (Å²) in [5.41, 5.74) is 5.24. The van der Waals surface area contributed by atoms with Crippen LogP contribution >= 0.6 is 34.0 Å². The van der Waals surface area contributed by atoms with Crippen molar-refractivity contribution in [1.82, 2.24) is 14.5 Å². The molecule has 0 bridgehead atoms. The first-order valence-corrected chi connectivity index (χ1v) is 19.1. The van der Waals surface area contributed by atoms with E-state index in [2.05, 4.69) is 144 Å². The Bertz CT molecular complexity index is 3270. The molecule has 0 saturated carbocycles. The van der Waals surface area contributed by atoms with Gasteiger partial charge in [0.25, 0.3) is 0 Å². The molecule has 3 nitrogen and oxygen atoms in total. The summed E-state index contributed by atoms with van der Waals surface area (Å²) in [6, 6.07) is 50.6. The second-order valence-electron chi connectivity index (χ2n) is 12.9. The van der Waals surface area contributed by atoms with Crippen LogP contribution in [-0.2, 0) is 0 Å². The first-order valence-electron chi connectivity index (χ1n) is 16.7. The van der Waals surface area contributed by atoms with Crippen LogP contribution < -0.4 is 0 Å². The molecule has 50 heavy (non-hydrogen) atoms. The fourth-order valence-electron chi connectivity index (χ4n) is 8.02. The minimum absolute atomic E-state index is 0.690. The van der Waals surface area contributed by atoms with E-state index in [0.29, 0.717) is 5.95 Å².